The molecule has 12 nitrogen and oxygen atoms in total. The second-order valence-corrected chi connectivity index (χ2v) is 12.2. The molecule has 2 aromatic rings. The van der Waals surface area contributed by atoms with Gasteiger partial charge in [0.1, 0.15) is 24.0 Å². The number of likely N-dealkylation sites (tertiary alicyclic amines) is 1. The first kappa shape index (κ1) is 24.0. The molecule has 4 heterocycles. The summed E-state index contributed by atoms with van der Waals surface area (Å²) < 4.78 is 32.0. The van der Waals surface area contributed by atoms with Crippen LogP contribution >= 0.6 is 7.82 Å². The Morgan fingerprint density at radius 1 is 1.24 bits per heavy atom. The molecular formula is C20H31N6O6P. The summed E-state index contributed by atoms with van der Waals surface area (Å²) in [7, 11) is -2.92. The zero-order chi connectivity index (χ0) is 24.6. The lowest BCUT2D eigenvalue weighted by molar-refractivity contribution is -0.179. The number of nitrogen functional groups attached to an aromatic ring is 1. The number of morpholine rings is 1. The van der Waals surface area contributed by atoms with E-state index >= 15 is 0 Å². The van der Waals surface area contributed by atoms with Gasteiger partial charge in [-0.25, -0.2) is 19.5 Å². The van der Waals surface area contributed by atoms with Gasteiger partial charge in [-0.1, -0.05) is 20.8 Å². The average molecular weight is 482 g/mol. The molecule has 0 radical (unpaired) electrons. The number of imidazole rings is 1. The van der Waals surface area contributed by atoms with Gasteiger partial charge in [0.05, 0.1) is 11.9 Å². The van der Waals surface area contributed by atoms with Gasteiger partial charge >= 0.3 is 7.82 Å². The van der Waals surface area contributed by atoms with Crippen LogP contribution in [0, 0.1) is 5.41 Å². The number of hydrogen-bond donors (Lipinski definition) is 2. The number of amides is 1. The zero-order valence-electron chi connectivity index (χ0n) is 19.8. The molecule has 33 heavy (non-hydrogen) atoms. The van der Waals surface area contributed by atoms with Gasteiger partial charge in [0.15, 0.2) is 23.3 Å². The highest BCUT2D eigenvalue weighted by atomic mass is 31.2. The second-order valence-electron chi connectivity index (χ2n) is 10.8. The van der Waals surface area contributed by atoms with E-state index in [9.17, 15) is 14.3 Å². The van der Waals surface area contributed by atoms with Crippen LogP contribution in [0.25, 0.3) is 11.2 Å². The fourth-order valence-corrected chi connectivity index (χ4v) is 6.04. The maximum absolute atomic E-state index is 13.4. The number of nitrogens with two attached hydrogens (primary N) is 1. The normalized spacial score (nSPS) is 29.8. The highest BCUT2D eigenvalue weighted by molar-refractivity contribution is 7.47. The summed E-state index contributed by atoms with van der Waals surface area (Å²) >= 11 is 0. The number of phosphoric ester groups is 1. The van der Waals surface area contributed by atoms with E-state index in [1.165, 1.54) is 17.6 Å². The summed E-state index contributed by atoms with van der Waals surface area (Å²) in [5, 5.41) is 0. The fourth-order valence-electron chi connectivity index (χ4n) is 4.72. The molecule has 2 aliphatic rings. The maximum Gasteiger partial charge on any atom is 0.473 e. The van der Waals surface area contributed by atoms with Crippen molar-refractivity contribution in [2.24, 2.45) is 5.41 Å². The number of carbonyl (C=O) groups excluding carboxylic acids is 1. The van der Waals surface area contributed by atoms with Crippen molar-refractivity contribution < 1.29 is 28.0 Å². The topological polar surface area (TPSA) is 155 Å². The van der Waals surface area contributed by atoms with E-state index in [0.717, 1.165) is 0 Å². The molecule has 2 aliphatic heterocycles. The molecule has 2 fully saturated rings. The van der Waals surface area contributed by atoms with Crippen molar-refractivity contribution in [3.05, 3.63) is 12.7 Å². The number of aromatic nitrogens is 4. The van der Waals surface area contributed by atoms with Gasteiger partial charge < -0.3 is 20.3 Å². The number of hydrogen-bond acceptors (Lipinski definition) is 9. The van der Waals surface area contributed by atoms with Crippen LogP contribution in [0.15, 0.2) is 12.7 Å². The third-order valence-electron chi connectivity index (χ3n) is 5.61. The van der Waals surface area contributed by atoms with Gasteiger partial charge in [-0.05, 0) is 32.6 Å². The number of rotatable bonds is 5. The van der Waals surface area contributed by atoms with Crippen LogP contribution in [-0.4, -0.2) is 65.6 Å². The highest BCUT2D eigenvalue weighted by Crippen LogP contribution is 2.59. The van der Waals surface area contributed by atoms with Crippen LogP contribution in [0.2, 0.25) is 0 Å². The number of anilines is 1. The van der Waals surface area contributed by atoms with E-state index in [2.05, 4.69) is 15.0 Å². The minimum Gasteiger partial charge on any atom is -0.382 e. The molecule has 0 aromatic carbocycles. The molecule has 4 rings (SSSR count). The summed E-state index contributed by atoms with van der Waals surface area (Å²) in [6.07, 6.45) is 1.21. The van der Waals surface area contributed by atoms with E-state index in [1.54, 1.807) is 32.4 Å². The monoisotopic (exact) mass is 482 g/mol. The van der Waals surface area contributed by atoms with Crippen molar-refractivity contribution in [2.45, 2.75) is 77.5 Å². The third-order valence-corrected chi connectivity index (χ3v) is 6.88. The van der Waals surface area contributed by atoms with E-state index in [-0.39, 0.29) is 23.6 Å². The zero-order valence-corrected chi connectivity index (χ0v) is 20.7. The van der Waals surface area contributed by atoms with Crippen LogP contribution in [-0.2, 0) is 23.1 Å². The fraction of sp³-hybridized carbons (Fsp3) is 0.700. The lowest BCUT2D eigenvalue weighted by atomic mass is 9.80. The summed E-state index contributed by atoms with van der Waals surface area (Å²) in [5.74, 6) is -0.111. The summed E-state index contributed by atoms with van der Waals surface area (Å²) in [6, 6.07) is -0.738. The molecule has 2 saturated heterocycles. The van der Waals surface area contributed by atoms with Gasteiger partial charge in [-0.15, -0.1) is 0 Å². The van der Waals surface area contributed by atoms with Crippen LogP contribution in [0.4, 0.5) is 5.82 Å². The number of likely N-dealkylation sites (N-methyl/N-ethyl adjacent to an activating group) is 1. The molecule has 1 unspecified atom stereocenters. The van der Waals surface area contributed by atoms with Crippen molar-refractivity contribution in [1.29, 1.82) is 0 Å². The highest BCUT2D eigenvalue weighted by Gasteiger charge is 2.71. The van der Waals surface area contributed by atoms with Crippen molar-refractivity contribution in [3.63, 3.8) is 0 Å². The number of carbonyl (C=O) groups is 1. The molecule has 182 valence electrons. The van der Waals surface area contributed by atoms with E-state index in [4.69, 9.17) is 19.5 Å². The molecule has 2 aromatic heterocycles. The molecule has 3 N–H and O–H groups in total. The largest absolute Gasteiger partial charge is 0.473 e. The Labute approximate surface area is 192 Å². The van der Waals surface area contributed by atoms with Gasteiger partial charge in [0, 0.05) is 7.05 Å². The summed E-state index contributed by atoms with van der Waals surface area (Å²) in [4.78, 5) is 38.0. The Balaban J connectivity index is 1.81. The quantitative estimate of drug-likeness (QED) is 0.606. The van der Waals surface area contributed by atoms with Gasteiger partial charge in [0.2, 0.25) is 0 Å². The van der Waals surface area contributed by atoms with Crippen molar-refractivity contribution in [2.75, 3.05) is 12.8 Å². The smallest absolute Gasteiger partial charge is 0.382 e. The number of nitrogens with zero attached hydrogens (tertiary/aromatic N) is 5. The molecule has 2 bridgehead atoms. The second kappa shape index (κ2) is 7.44. The first-order chi connectivity index (χ1) is 15.0. The SMILES string of the molecule is CN1C(=O)[C@]2(CC(C)(C)C)O[C@@H](n3cnc4c(N)ncnc43)[C@H]1[C@@H]2OP(=O)(O)OC(C)(C)C. The van der Waals surface area contributed by atoms with E-state index in [1.807, 2.05) is 20.8 Å². The third kappa shape index (κ3) is 4.15. The number of phosphoric acid groups is 1. The van der Waals surface area contributed by atoms with Crippen LogP contribution in [0.5, 0.6) is 0 Å². The number of fused-ring (bicyclic) bond motifs is 3. The molecule has 0 aliphatic carbocycles. The Bertz CT molecular complexity index is 1140. The Hall–Kier alpha value is -2.11. The molecule has 1 amide bonds. The van der Waals surface area contributed by atoms with Gasteiger partial charge in [0.25, 0.3) is 5.91 Å². The lowest BCUT2D eigenvalue weighted by Gasteiger charge is -2.38. The predicted octanol–water partition coefficient (Wildman–Crippen LogP) is 2.25. The minimum atomic E-state index is -4.55. The molecule has 13 heteroatoms. The Kier molecular flexibility index (Phi) is 5.42. The summed E-state index contributed by atoms with van der Waals surface area (Å²) in [6.45, 7) is 10.8. The summed E-state index contributed by atoms with van der Waals surface area (Å²) in [5.41, 5.74) is 3.93. The standard InChI is InChI=1S/C20H31N6O6P/c1-18(2,3)8-20-13(31-33(28,29)32-19(4,5)6)12(25(7)17(20)27)16(30-20)26-10-24-11-14(21)22-9-23-15(11)26/h9-10,12-13,16H,8H2,1-7H3,(H,28,29)(H2,21,22,23)/t12-,13+,16-,20-/m1/s1. The number of ether oxygens (including phenoxy) is 1. The average Bonchev–Trinajstić information content (AvgIpc) is 3.22. The molecule has 0 saturated carbocycles. The van der Waals surface area contributed by atoms with E-state index in [0.29, 0.717) is 11.2 Å². The first-order valence-corrected chi connectivity index (χ1v) is 12.1. The van der Waals surface area contributed by atoms with Gasteiger partial charge in [-0.2, -0.15) is 0 Å². The predicted molar refractivity (Wildman–Crippen MR) is 119 cm³/mol. The van der Waals surface area contributed by atoms with Crippen LogP contribution < -0.4 is 5.73 Å². The van der Waals surface area contributed by atoms with Crippen molar-refractivity contribution in [3.8, 4) is 0 Å². The van der Waals surface area contributed by atoms with Crippen LogP contribution in [0.1, 0.15) is 54.2 Å². The first-order valence-electron chi connectivity index (χ1n) is 10.6. The Morgan fingerprint density at radius 3 is 2.52 bits per heavy atom. The maximum atomic E-state index is 13.4. The molecule has 0 spiro atoms. The molecule has 5 atom stereocenters. The van der Waals surface area contributed by atoms with E-state index < -0.39 is 37.4 Å². The molecular weight excluding hydrogens is 451 g/mol. The van der Waals surface area contributed by atoms with Crippen molar-refractivity contribution >= 4 is 30.7 Å². The van der Waals surface area contributed by atoms with Crippen LogP contribution in [0.3, 0.4) is 0 Å². The van der Waals surface area contributed by atoms with Crippen molar-refractivity contribution in [1.82, 2.24) is 24.4 Å². The Morgan fingerprint density at radius 2 is 1.91 bits per heavy atom. The minimum absolute atomic E-state index is 0.210. The lowest BCUT2D eigenvalue weighted by Crippen LogP contribution is -2.51. The van der Waals surface area contributed by atoms with Gasteiger partial charge in [-0.3, -0.25) is 18.4 Å².